The molecule has 0 spiro atoms. The van der Waals surface area contributed by atoms with Crippen molar-refractivity contribution < 1.29 is 14.3 Å². The molecule has 0 saturated heterocycles. The van der Waals surface area contributed by atoms with Gasteiger partial charge in [-0.25, -0.2) is 0 Å². The fourth-order valence-corrected chi connectivity index (χ4v) is 2.53. The van der Waals surface area contributed by atoms with Gasteiger partial charge in [-0.3, -0.25) is 4.79 Å². The van der Waals surface area contributed by atoms with Crippen LogP contribution in [0.15, 0.2) is 24.3 Å². The summed E-state index contributed by atoms with van der Waals surface area (Å²) in [5.74, 6) is 1.45. The number of benzene rings is 1. The fourth-order valence-electron chi connectivity index (χ4n) is 2.53. The first-order valence-corrected chi connectivity index (χ1v) is 7.04. The Bertz CT molecular complexity index is 391. The number of ketones is 1. The Morgan fingerprint density at radius 1 is 1.16 bits per heavy atom. The minimum Gasteiger partial charge on any atom is -0.497 e. The predicted molar refractivity (Wildman–Crippen MR) is 74.7 cm³/mol. The molecule has 0 atom stereocenters. The van der Waals surface area contributed by atoms with E-state index < -0.39 is 0 Å². The van der Waals surface area contributed by atoms with Crippen LogP contribution in [-0.4, -0.2) is 26.1 Å². The Hall–Kier alpha value is -1.35. The summed E-state index contributed by atoms with van der Waals surface area (Å²) in [5.41, 5.74) is 0.685. The lowest BCUT2D eigenvalue weighted by Crippen LogP contribution is -2.17. The summed E-state index contributed by atoms with van der Waals surface area (Å²) in [7, 11) is 1.62. The molecule has 1 saturated carbocycles. The maximum Gasteiger partial charge on any atom is 0.188 e. The van der Waals surface area contributed by atoms with Crippen molar-refractivity contribution in [3.05, 3.63) is 29.8 Å². The van der Waals surface area contributed by atoms with Gasteiger partial charge in [0.2, 0.25) is 0 Å². The number of Topliss-reactive ketones (excluding diaryl/α,β-unsaturated/α-hetero) is 1. The van der Waals surface area contributed by atoms with Crippen LogP contribution in [0.4, 0.5) is 0 Å². The van der Waals surface area contributed by atoms with Gasteiger partial charge >= 0.3 is 0 Å². The highest BCUT2D eigenvalue weighted by molar-refractivity contribution is 5.97. The number of rotatable bonds is 6. The van der Waals surface area contributed by atoms with Crippen molar-refractivity contribution in [2.45, 2.75) is 32.1 Å². The first-order valence-electron chi connectivity index (χ1n) is 7.04. The van der Waals surface area contributed by atoms with Gasteiger partial charge < -0.3 is 9.47 Å². The molecule has 1 fully saturated rings. The molecule has 3 nitrogen and oxygen atoms in total. The monoisotopic (exact) mass is 262 g/mol. The molecule has 1 aromatic rings. The maximum absolute atomic E-state index is 11.9. The van der Waals surface area contributed by atoms with Crippen molar-refractivity contribution in [1.29, 1.82) is 0 Å². The summed E-state index contributed by atoms with van der Waals surface area (Å²) in [5, 5.41) is 0. The van der Waals surface area contributed by atoms with E-state index in [1.165, 1.54) is 32.1 Å². The van der Waals surface area contributed by atoms with Crippen molar-refractivity contribution in [2.75, 3.05) is 20.3 Å². The second-order valence-corrected chi connectivity index (χ2v) is 5.17. The number of carbonyl (C=O) groups is 1. The summed E-state index contributed by atoms with van der Waals surface area (Å²) in [6, 6.07) is 7.17. The molecule has 0 heterocycles. The highest BCUT2D eigenvalue weighted by Gasteiger charge is 2.14. The minimum atomic E-state index is 0.0402. The Labute approximate surface area is 114 Å². The summed E-state index contributed by atoms with van der Waals surface area (Å²) < 4.78 is 10.6. The molecule has 0 unspecified atom stereocenters. The van der Waals surface area contributed by atoms with Crippen molar-refractivity contribution in [3.63, 3.8) is 0 Å². The van der Waals surface area contributed by atoms with Crippen molar-refractivity contribution in [2.24, 2.45) is 5.92 Å². The van der Waals surface area contributed by atoms with E-state index in [2.05, 4.69) is 0 Å². The lowest BCUT2D eigenvalue weighted by molar-refractivity contribution is 0.0628. The van der Waals surface area contributed by atoms with Crippen molar-refractivity contribution in [1.82, 2.24) is 0 Å². The second kappa shape index (κ2) is 7.29. The summed E-state index contributed by atoms with van der Waals surface area (Å²) in [6.07, 6.45) is 6.45. The molecule has 2 rings (SSSR count). The van der Waals surface area contributed by atoms with E-state index in [1.807, 2.05) is 0 Å². The molecular weight excluding hydrogens is 240 g/mol. The molecule has 104 valence electrons. The SMILES string of the molecule is COc1ccc(C(=O)COCC2CCCCC2)cc1. The lowest BCUT2D eigenvalue weighted by Gasteiger charge is -2.21. The quantitative estimate of drug-likeness (QED) is 0.736. The average Bonchev–Trinajstić information content (AvgIpc) is 2.48. The van der Waals surface area contributed by atoms with Crippen LogP contribution in [0.25, 0.3) is 0 Å². The van der Waals surface area contributed by atoms with Crippen molar-refractivity contribution in [3.8, 4) is 5.75 Å². The molecule has 1 aliphatic rings. The fraction of sp³-hybridized carbons (Fsp3) is 0.562. The third-order valence-electron chi connectivity index (χ3n) is 3.72. The maximum atomic E-state index is 11.9. The molecule has 1 aromatic carbocycles. The van der Waals surface area contributed by atoms with Gasteiger partial charge in [-0.2, -0.15) is 0 Å². The zero-order valence-corrected chi connectivity index (χ0v) is 11.6. The average molecular weight is 262 g/mol. The van der Waals surface area contributed by atoms with E-state index in [9.17, 15) is 4.79 Å². The minimum absolute atomic E-state index is 0.0402. The van der Waals surface area contributed by atoms with Crippen LogP contribution in [0.1, 0.15) is 42.5 Å². The first kappa shape index (κ1) is 14.1. The molecule has 0 aliphatic heterocycles. The summed E-state index contributed by atoms with van der Waals surface area (Å²) >= 11 is 0. The van der Waals surface area contributed by atoms with E-state index in [0.717, 1.165) is 12.4 Å². The standard InChI is InChI=1S/C16H22O3/c1-18-15-9-7-14(8-10-15)16(17)12-19-11-13-5-3-2-4-6-13/h7-10,13H,2-6,11-12H2,1H3. The number of hydrogen-bond acceptors (Lipinski definition) is 3. The van der Waals surface area contributed by atoms with Crippen LogP contribution in [0.3, 0.4) is 0 Å². The molecule has 1 aliphatic carbocycles. The molecule has 0 bridgehead atoms. The van der Waals surface area contributed by atoms with E-state index in [4.69, 9.17) is 9.47 Å². The van der Waals surface area contributed by atoms with Crippen LogP contribution in [-0.2, 0) is 4.74 Å². The van der Waals surface area contributed by atoms with E-state index in [0.29, 0.717) is 11.5 Å². The summed E-state index contributed by atoms with van der Waals surface area (Å²) in [6.45, 7) is 0.907. The number of ether oxygens (including phenoxy) is 2. The van der Waals surface area contributed by atoms with Crippen LogP contribution >= 0.6 is 0 Å². The van der Waals surface area contributed by atoms with Gasteiger partial charge in [0.1, 0.15) is 12.4 Å². The third kappa shape index (κ3) is 4.35. The molecule has 0 radical (unpaired) electrons. The normalized spacial score (nSPS) is 16.3. The van der Waals surface area contributed by atoms with E-state index in [-0.39, 0.29) is 12.4 Å². The van der Waals surface area contributed by atoms with Gasteiger partial charge in [-0.05, 0) is 43.0 Å². The Balaban J connectivity index is 1.73. The Kier molecular flexibility index (Phi) is 5.40. The number of methoxy groups -OCH3 is 1. The van der Waals surface area contributed by atoms with Crippen LogP contribution < -0.4 is 4.74 Å². The van der Waals surface area contributed by atoms with Gasteiger partial charge in [0.15, 0.2) is 5.78 Å². The Morgan fingerprint density at radius 2 is 1.84 bits per heavy atom. The van der Waals surface area contributed by atoms with Crippen molar-refractivity contribution >= 4 is 5.78 Å². The predicted octanol–water partition coefficient (Wildman–Crippen LogP) is 3.47. The zero-order chi connectivity index (χ0) is 13.5. The molecule has 19 heavy (non-hydrogen) atoms. The third-order valence-corrected chi connectivity index (χ3v) is 3.72. The van der Waals surface area contributed by atoms with Crippen LogP contribution in [0.5, 0.6) is 5.75 Å². The molecular formula is C16H22O3. The second-order valence-electron chi connectivity index (χ2n) is 5.17. The first-order chi connectivity index (χ1) is 9.29. The van der Waals surface area contributed by atoms with Crippen LogP contribution in [0, 0.1) is 5.92 Å². The lowest BCUT2D eigenvalue weighted by atomic mass is 9.90. The van der Waals surface area contributed by atoms with Gasteiger partial charge in [0, 0.05) is 5.56 Å². The van der Waals surface area contributed by atoms with Crippen LogP contribution in [0.2, 0.25) is 0 Å². The van der Waals surface area contributed by atoms with E-state index in [1.54, 1.807) is 31.4 Å². The van der Waals surface area contributed by atoms with Gasteiger partial charge in [0.25, 0.3) is 0 Å². The highest BCUT2D eigenvalue weighted by atomic mass is 16.5. The smallest absolute Gasteiger partial charge is 0.188 e. The number of carbonyl (C=O) groups excluding carboxylic acids is 1. The molecule has 0 aromatic heterocycles. The highest BCUT2D eigenvalue weighted by Crippen LogP contribution is 2.23. The zero-order valence-electron chi connectivity index (χ0n) is 11.6. The van der Waals surface area contributed by atoms with E-state index >= 15 is 0 Å². The van der Waals surface area contributed by atoms with Gasteiger partial charge in [-0.15, -0.1) is 0 Å². The molecule has 3 heteroatoms. The largest absolute Gasteiger partial charge is 0.497 e. The topological polar surface area (TPSA) is 35.5 Å². The van der Waals surface area contributed by atoms with Gasteiger partial charge in [0.05, 0.1) is 13.7 Å². The van der Waals surface area contributed by atoms with Gasteiger partial charge in [-0.1, -0.05) is 19.3 Å². The summed E-state index contributed by atoms with van der Waals surface area (Å²) in [4.78, 5) is 11.9. The number of hydrogen-bond donors (Lipinski definition) is 0. The molecule has 0 amide bonds. The Morgan fingerprint density at radius 3 is 2.47 bits per heavy atom. The molecule has 0 N–H and O–H groups in total.